The van der Waals surface area contributed by atoms with E-state index in [1.165, 1.54) is 44.9 Å². The third-order valence-electron chi connectivity index (χ3n) is 4.16. The molecule has 0 unspecified atom stereocenters. The highest BCUT2D eigenvalue weighted by Gasteiger charge is 2.12. The molecule has 1 amide bonds. The first kappa shape index (κ1) is 22.9. The zero-order valence-electron chi connectivity index (χ0n) is 15.9. The lowest BCUT2D eigenvalue weighted by atomic mass is 10.1. The topological polar surface area (TPSA) is 72.6 Å². The molecule has 0 aromatic rings. The maximum Gasteiger partial charge on any atom is 0.305 e. The van der Waals surface area contributed by atoms with Gasteiger partial charge in [0.25, 0.3) is 0 Å². The Morgan fingerprint density at radius 3 is 2.00 bits per heavy atom. The van der Waals surface area contributed by atoms with E-state index in [2.05, 4.69) is 6.92 Å². The van der Waals surface area contributed by atoms with E-state index in [1.54, 1.807) is 11.8 Å². The molecule has 0 atom stereocenters. The molecule has 5 nitrogen and oxygen atoms in total. The molecular weight excluding hydrogens is 304 g/mol. The van der Waals surface area contributed by atoms with Crippen LogP contribution in [0.1, 0.15) is 84.5 Å². The van der Waals surface area contributed by atoms with Crippen molar-refractivity contribution in [3.8, 4) is 0 Å². The summed E-state index contributed by atoms with van der Waals surface area (Å²) in [6.07, 6.45) is 12.1. The van der Waals surface area contributed by atoms with Crippen LogP contribution in [-0.2, 0) is 14.3 Å². The van der Waals surface area contributed by atoms with Crippen molar-refractivity contribution >= 4 is 11.9 Å². The van der Waals surface area contributed by atoms with Crippen molar-refractivity contribution in [2.75, 3.05) is 26.2 Å². The van der Waals surface area contributed by atoms with Crippen molar-refractivity contribution in [2.24, 2.45) is 5.73 Å². The van der Waals surface area contributed by atoms with Crippen molar-refractivity contribution in [1.82, 2.24) is 4.90 Å². The summed E-state index contributed by atoms with van der Waals surface area (Å²) in [6.45, 7) is 5.66. The van der Waals surface area contributed by atoms with Crippen LogP contribution in [-0.4, -0.2) is 43.0 Å². The molecule has 0 spiro atoms. The number of hydrogen-bond acceptors (Lipinski definition) is 4. The number of unbranched alkanes of at least 4 members (excludes halogenated alkanes) is 8. The standard InChI is InChI=1S/C19H38N2O3/c1-3-5-6-7-8-9-10-11-12-13-18(22)21(15-14-20)16-17-24-19(23)4-2/h3-17,20H2,1-2H3. The zero-order chi connectivity index (χ0) is 18.0. The van der Waals surface area contributed by atoms with Crippen LogP contribution in [0.5, 0.6) is 0 Å². The summed E-state index contributed by atoms with van der Waals surface area (Å²) in [5, 5.41) is 0. The first-order valence-corrected chi connectivity index (χ1v) is 9.79. The molecule has 0 heterocycles. The summed E-state index contributed by atoms with van der Waals surface area (Å²) in [7, 11) is 0. The number of esters is 1. The number of carbonyl (C=O) groups is 2. The highest BCUT2D eigenvalue weighted by molar-refractivity contribution is 5.76. The van der Waals surface area contributed by atoms with Crippen molar-refractivity contribution < 1.29 is 14.3 Å². The molecule has 0 radical (unpaired) electrons. The van der Waals surface area contributed by atoms with E-state index >= 15 is 0 Å². The van der Waals surface area contributed by atoms with Crippen LogP contribution in [0.15, 0.2) is 0 Å². The summed E-state index contributed by atoms with van der Waals surface area (Å²) in [5.74, 6) is -0.106. The Morgan fingerprint density at radius 2 is 1.46 bits per heavy atom. The second kappa shape index (κ2) is 16.7. The van der Waals surface area contributed by atoms with Gasteiger partial charge in [-0.05, 0) is 6.42 Å². The maximum atomic E-state index is 12.2. The van der Waals surface area contributed by atoms with Crippen molar-refractivity contribution in [3.63, 3.8) is 0 Å². The van der Waals surface area contributed by atoms with Gasteiger partial charge in [-0.15, -0.1) is 0 Å². The first-order chi connectivity index (χ1) is 11.7. The molecule has 2 N–H and O–H groups in total. The fraction of sp³-hybridized carbons (Fsp3) is 0.895. The smallest absolute Gasteiger partial charge is 0.305 e. The second-order valence-corrected chi connectivity index (χ2v) is 6.32. The number of nitrogens with two attached hydrogens (primary N) is 1. The van der Waals surface area contributed by atoms with Gasteiger partial charge in [0.05, 0.1) is 6.54 Å². The number of ether oxygens (including phenoxy) is 1. The summed E-state index contributed by atoms with van der Waals surface area (Å²) < 4.78 is 5.04. The van der Waals surface area contributed by atoms with Crippen LogP contribution in [0.2, 0.25) is 0 Å². The predicted molar refractivity (Wildman–Crippen MR) is 98.7 cm³/mol. The van der Waals surface area contributed by atoms with Crippen LogP contribution in [0.4, 0.5) is 0 Å². The molecule has 0 fully saturated rings. The van der Waals surface area contributed by atoms with Gasteiger partial charge in [0.1, 0.15) is 6.61 Å². The fourth-order valence-electron chi connectivity index (χ4n) is 2.63. The number of amides is 1. The molecule has 0 rings (SSSR count). The monoisotopic (exact) mass is 342 g/mol. The van der Waals surface area contributed by atoms with Crippen molar-refractivity contribution in [2.45, 2.75) is 84.5 Å². The van der Waals surface area contributed by atoms with E-state index in [0.717, 1.165) is 12.8 Å². The molecule has 24 heavy (non-hydrogen) atoms. The maximum absolute atomic E-state index is 12.2. The molecule has 0 bridgehead atoms. The summed E-state index contributed by atoms with van der Waals surface area (Å²) in [4.78, 5) is 25.1. The SMILES string of the molecule is CCCCCCCCCCCC(=O)N(CCN)CCOC(=O)CC. The Morgan fingerprint density at radius 1 is 0.875 bits per heavy atom. The van der Waals surface area contributed by atoms with Gasteiger partial charge >= 0.3 is 5.97 Å². The number of rotatable bonds is 16. The van der Waals surface area contributed by atoms with E-state index in [0.29, 0.717) is 32.5 Å². The summed E-state index contributed by atoms with van der Waals surface area (Å²) >= 11 is 0. The van der Waals surface area contributed by atoms with Gasteiger partial charge in [0.15, 0.2) is 0 Å². The first-order valence-electron chi connectivity index (χ1n) is 9.79. The van der Waals surface area contributed by atoms with E-state index in [-0.39, 0.29) is 18.5 Å². The van der Waals surface area contributed by atoms with Gasteiger partial charge < -0.3 is 15.4 Å². The van der Waals surface area contributed by atoms with Gasteiger partial charge in [0, 0.05) is 25.9 Å². The van der Waals surface area contributed by atoms with Crippen LogP contribution < -0.4 is 5.73 Å². The lowest BCUT2D eigenvalue weighted by molar-refractivity contribution is -0.145. The average molecular weight is 343 g/mol. The third kappa shape index (κ3) is 13.3. The molecule has 0 aromatic carbocycles. The van der Waals surface area contributed by atoms with Crippen molar-refractivity contribution in [1.29, 1.82) is 0 Å². The fourth-order valence-corrected chi connectivity index (χ4v) is 2.63. The highest BCUT2D eigenvalue weighted by atomic mass is 16.5. The number of carbonyl (C=O) groups excluding carboxylic acids is 2. The summed E-state index contributed by atoms with van der Waals surface area (Å²) in [5.41, 5.74) is 5.57. The zero-order valence-corrected chi connectivity index (χ0v) is 15.9. The van der Waals surface area contributed by atoms with Crippen LogP contribution >= 0.6 is 0 Å². The Bertz CT molecular complexity index is 322. The second-order valence-electron chi connectivity index (χ2n) is 6.32. The minimum atomic E-state index is -0.228. The molecule has 5 heteroatoms. The Labute approximate surface area is 148 Å². The van der Waals surface area contributed by atoms with E-state index in [1.807, 2.05) is 0 Å². The Hall–Kier alpha value is -1.10. The Kier molecular flexibility index (Phi) is 16.0. The van der Waals surface area contributed by atoms with Crippen LogP contribution in [0.3, 0.4) is 0 Å². The minimum absolute atomic E-state index is 0.121. The molecule has 0 saturated carbocycles. The molecule has 142 valence electrons. The van der Waals surface area contributed by atoms with Gasteiger partial charge in [-0.2, -0.15) is 0 Å². The highest BCUT2D eigenvalue weighted by Crippen LogP contribution is 2.11. The molecule has 0 aliphatic carbocycles. The van der Waals surface area contributed by atoms with E-state index in [4.69, 9.17) is 10.5 Å². The summed E-state index contributed by atoms with van der Waals surface area (Å²) in [6, 6.07) is 0. The van der Waals surface area contributed by atoms with Gasteiger partial charge in [-0.25, -0.2) is 0 Å². The lowest BCUT2D eigenvalue weighted by Crippen LogP contribution is -2.38. The van der Waals surface area contributed by atoms with Crippen LogP contribution in [0, 0.1) is 0 Å². The molecule has 0 aromatic heterocycles. The van der Waals surface area contributed by atoms with Gasteiger partial charge in [0.2, 0.25) is 5.91 Å². The van der Waals surface area contributed by atoms with Crippen molar-refractivity contribution in [3.05, 3.63) is 0 Å². The number of hydrogen-bond donors (Lipinski definition) is 1. The molecule has 0 saturated heterocycles. The van der Waals surface area contributed by atoms with E-state index in [9.17, 15) is 9.59 Å². The number of nitrogens with zero attached hydrogens (tertiary/aromatic N) is 1. The largest absolute Gasteiger partial charge is 0.464 e. The van der Waals surface area contributed by atoms with Gasteiger partial charge in [-0.3, -0.25) is 9.59 Å². The predicted octanol–water partition coefficient (Wildman–Crippen LogP) is 3.65. The van der Waals surface area contributed by atoms with Crippen LogP contribution in [0.25, 0.3) is 0 Å². The van der Waals surface area contributed by atoms with Gasteiger partial charge in [-0.1, -0.05) is 65.2 Å². The minimum Gasteiger partial charge on any atom is -0.464 e. The lowest BCUT2D eigenvalue weighted by Gasteiger charge is -2.21. The quantitative estimate of drug-likeness (QED) is 0.343. The Balaban J connectivity index is 3.73. The normalized spacial score (nSPS) is 10.6. The third-order valence-corrected chi connectivity index (χ3v) is 4.16. The average Bonchev–Trinajstić information content (AvgIpc) is 2.59. The van der Waals surface area contributed by atoms with E-state index < -0.39 is 0 Å². The molecule has 0 aliphatic rings. The molecule has 0 aliphatic heterocycles. The molecular formula is C19H38N2O3.